The maximum Gasteiger partial charge on any atom is 0.196 e. The Morgan fingerprint density at radius 2 is 1.29 bits per heavy atom. The summed E-state index contributed by atoms with van der Waals surface area (Å²) in [7, 11) is 0. The van der Waals surface area contributed by atoms with Gasteiger partial charge in [0.25, 0.3) is 0 Å². The summed E-state index contributed by atoms with van der Waals surface area (Å²) in [5.41, 5.74) is 8.16. The second kappa shape index (κ2) is 6.24. The number of carbonyl (C=O) groups excluding carboxylic acids is 1. The van der Waals surface area contributed by atoms with Gasteiger partial charge < -0.3 is 8.98 Å². The summed E-state index contributed by atoms with van der Waals surface area (Å²) in [4.78, 5) is 13.7. The van der Waals surface area contributed by atoms with Crippen molar-refractivity contribution in [3.05, 3.63) is 114 Å². The van der Waals surface area contributed by atoms with E-state index in [0.29, 0.717) is 0 Å². The van der Waals surface area contributed by atoms with Crippen LogP contribution in [0.3, 0.4) is 0 Å². The molecule has 0 bridgehead atoms. The second-order valence-electron chi connectivity index (χ2n) is 8.86. The number of benzene rings is 5. The monoisotopic (exact) mass is 435 g/mol. The Morgan fingerprint density at radius 1 is 0.559 bits per heavy atom. The van der Waals surface area contributed by atoms with Crippen molar-refractivity contribution < 1.29 is 9.21 Å². The van der Waals surface area contributed by atoms with Crippen LogP contribution in [0.4, 0.5) is 0 Å². The van der Waals surface area contributed by atoms with Crippen molar-refractivity contribution in [1.82, 2.24) is 4.57 Å². The average molecular weight is 435 g/mol. The number of fused-ring (bicyclic) bond motifs is 10. The van der Waals surface area contributed by atoms with Gasteiger partial charge in [-0.25, -0.2) is 0 Å². The van der Waals surface area contributed by atoms with Gasteiger partial charge in [-0.15, -0.1) is 0 Å². The first-order chi connectivity index (χ1) is 16.8. The van der Waals surface area contributed by atoms with Crippen molar-refractivity contribution in [2.75, 3.05) is 0 Å². The van der Waals surface area contributed by atoms with Crippen LogP contribution in [-0.4, -0.2) is 10.4 Å². The number of hydrogen-bond donors (Lipinski definition) is 0. The lowest BCUT2D eigenvalue weighted by atomic mass is 10.0. The molecule has 1 aliphatic carbocycles. The van der Waals surface area contributed by atoms with Crippen molar-refractivity contribution in [3.63, 3.8) is 0 Å². The van der Waals surface area contributed by atoms with E-state index in [0.717, 1.165) is 71.7 Å². The smallest absolute Gasteiger partial charge is 0.196 e. The second-order valence-corrected chi connectivity index (χ2v) is 8.86. The van der Waals surface area contributed by atoms with Crippen LogP contribution in [0.5, 0.6) is 0 Å². The van der Waals surface area contributed by atoms with Crippen LogP contribution in [0.25, 0.3) is 60.6 Å². The molecule has 3 nitrogen and oxygen atoms in total. The van der Waals surface area contributed by atoms with Crippen LogP contribution in [0, 0.1) is 0 Å². The maximum absolute atomic E-state index is 13.7. The van der Waals surface area contributed by atoms with E-state index in [1.165, 1.54) is 0 Å². The van der Waals surface area contributed by atoms with Gasteiger partial charge >= 0.3 is 0 Å². The normalized spacial score (nSPS) is 12.8. The predicted molar refractivity (Wildman–Crippen MR) is 137 cm³/mol. The summed E-state index contributed by atoms with van der Waals surface area (Å²) < 4.78 is 8.63. The number of furan rings is 1. The molecule has 5 aromatic carbocycles. The highest BCUT2D eigenvalue weighted by molar-refractivity contribution is 6.29. The van der Waals surface area contributed by atoms with Gasteiger partial charge in [0.2, 0.25) is 0 Å². The molecule has 0 aliphatic heterocycles. The lowest BCUT2D eigenvalue weighted by Gasteiger charge is -2.11. The van der Waals surface area contributed by atoms with Crippen LogP contribution in [-0.2, 0) is 0 Å². The van der Waals surface area contributed by atoms with Crippen molar-refractivity contribution in [2.45, 2.75) is 0 Å². The third kappa shape index (κ3) is 2.09. The molecule has 0 amide bonds. The van der Waals surface area contributed by atoms with E-state index in [1.807, 2.05) is 48.5 Å². The molecule has 2 aromatic heterocycles. The molecule has 0 fully saturated rings. The van der Waals surface area contributed by atoms with Crippen molar-refractivity contribution in [2.24, 2.45) is 0 Å². The first-order valence-corrected chi connectivity index (χ1v) is 11.4. The van der Waals surface area contributed by atoms with Crippen LogP contribution in [0.2, 0.25) is 0 Å². The topological polar surface area (TPSA) is 35.1 Å². The van der Waals surface area contributed by atoms with Gasteiger partial charge in [-0.05, 0) is 29.3 Å². The summed E-state index contributed by atoms with van der Waals surface area (Å²) >= 11 is 0. The summed E-state index contributed by atoms with van der Waals surface area (Å²) in [6.45, 7) is 0. The molecular formula is C31H17NO2. The average Bonchev–Trinajstić information content (AvgIpc) is 3.52. The van der Waals surface area contributed by atoms with E-state index in [2.05, 4.69) is 59.2 Å². The Hall–Kier alpha value is -4.63. The fourth-order valence-corrected chi connectivity index (χ4v) is 5.72. The molecule has 0 atom stereocenters. The third-order valence-electron chi connectivity index (χ3n) is 7.15. The highest BCUT2D eigenvalue weighted by Gasteiger charge is 2.31. The molecule has 2 heterocycles. The maximum atomic E-state index is 13.7. The molecule has 0 unspecified atom stereocenters. The number of ketones is 1. The molecule has 0 spiro atoms. The zero-order valence-corrected chi connectivity index (χ0v) is 18.1. The number of rotatable bonds is 1. The SMILES string of the molecule is O=C1c2ccccc2-c2ccc3c4ccccc4n(-c4cccc5c4oc4ccccc45)c3c21. The van der Waals surface area contributed by atoms with E-state index in [1.54, 1.807) is 0 Å². The molecule has 3 heteroatoms. The predicted octanol–water partition coefficient (Wildman–Crippen LogP) is 7.89. The molecule has 7 aromatic rings. The Morgan fingerprint density at radius 3 is 2.21 bits per heavy atom. The van der Waals surface area contributed by atoms with Gasteiger partial charge in [-0.3, -0.25) is 4.79 Å². The van der Waals surface area contributed by atoms with Crippen LogP contribution in [0.1, 0.15) is 15.9 Å². The molecule has 0 saturated carbocycles. The van der Waals surface area contributed by atoms with E-state index in [9.17, 15) is 4.79 Å². The molecule has 8 rings (SSSR count). The fraction of sp³-hybridized carbons (Fsp3) is 0. The van der Waals surface area contributed by atoms with Crippen molar-refractivity contribution >= 4 is 49.5 Å². The lowest BCUT2D eigenvalue weighted by Crippen LogP contribution is -2.01. The minimum absolute atomic E-state index is 0.0806. The highest BCUT2D eigenvalue weighted by Crippen LogP contribution is 2.45. The largest absolute Gasteiger partial charge is 0.454 e. The van der Waals surface area contributed by atoms with Gasteiger partial charge in [0.1, 0.15) is 5.58 Å². The van der Waals surface area contributed by atoms with Crippen molar-refractivity contribution in [1.29, 1.82) is 0 Å². The molecule has 0 N–H and O–H groups in total. The van der Waals surface area contributed by atoms with E-state index < -0.39 is 0 Å². The number of nitrogens with zero attached hydrogens (tertiary/aromatic N) is 1. The standard InChI is InChI=1S/C31H17NO2/c33-30-23-11-2-1-8-18(23)21-16-17-22-19-9-3-5-13-25(19)32(29(22)28(21)30)26-14-7-12-24-20-10-4-6-15-27(20)34-31(24)26/h1-17H. The number of carbonyl (C=O) groups is 1. The van der Waals surface area contributed by atoms with E-state index in [4.69, 9.17) is 4.42 Å². The highest BCUT2D eigenvalue weighted by atomic mass is 16.3. The summed E-state index contributed by atoms with van der Waals surface area (Å²) in [6.07, 6.45) is 0. The number of para-hydroxylation sites is 3. The van der Waals surface area contributed by atoms with Gasteiger partial charge in [0.15, 0.2) is 11.4 Å². The van der Waals surface area contributed by atoms with Gasteiger partial charge in [-0.2, -0.15) is 0 Å². The summed E-state index contributed by atoms with van der Waals surface area (Å²) in [5, 5.41) is 4.36. The Kier molecular flexibility index (Phi) is 3.28. The minimum atomic E-state index is 0.0806. The minimum Gasteiger partial charge on any atom is -0.454 e. The molecular weight excluding hydrogens is 418 g/mol. The summed E-state index contributed by atoms with van der Waals surface area (Å²) in [6, 6.07) is 34.9. The molecule has 1 aliphatic rings. The number of aromatic nitrogens is 1. The lowest BCUT2D eigenvalue weighted by molar-refractivity contribution is 0.104. The van der Waals surface area contributed by atoms with Crippen LogP contribution in [0.15, 0.2) is 108 Å². The van der Waals surface area contributed by atoms with Gasteiger partial charge in [0, 0.05) is 27.1 Å². The third-order valence-corrected chi connectivity index (χ3v) is 7.15. The van der Waals surface area contributed by atoms with Gasteiger partial charge in [-0.1, -0.05) is 84.9 Å². The van der Waals surface area contributed by atoms with Crippen LogP contribution < -0.4 is 0 Å². The Balaban J connectivity index is 1.59. The van der Waals surface area contributed by atoms with E-state index in [-0.39, 0.29) is 5.78 Å². The molecule has 0 saturated heterocycles. The van der Waals surface area contributed by atoms with E-state index >= 15 is 0 Å². The zero-order valence-electron chi connectivity index (χ0n) is 18.1. The fourth-order valence-electron chi connectivity index (χ4n) is 5.72. The van der Waals surface area contributed by atoms with Crippen LogP contribution >= 0.6 is 0 Å². The molecule has 34 heavy (non-hydrogen) atoms. The first kappa shape index (κ1) is 17.9. The quantitative estimate of drug-likeness (QED) is 0.263. The molecule has 0 radical (unpaired) electrons. The zero-order chi connectivity index (χ0) is 22.4. The number of hydrogen-bond acceptors (Lipinski definition) is 2. The Bertz CT molecular complexity index is 1990. The first-order valence-electron chi connectivity index (χ1n) is 11.4. The summed E-state index contributed by atoms with van der Waals surface area (Å²) in [5.74, 6) is 0.0806. The molecule has 158 valence electrons. The van der Waals surface area contributed by atoms with Crippen molar-refractivity contribution in [3.8, 4) is 16.8 Å². The van der Waals surface area contributed by atoms with Gasteiger partial charge in [0.05, 0.1) is 22.3 Å². The Labute approximate surface area is 194 Å².